The van der Waals surface area contributed by atoms with Crippen LogP contribution in [0.1, 0.15) is 43.1 Å². The molecule has 0 bridgehead atoms. The zero-order chi connectivity index (χ0) is 41.8. The number of phenolic OH excluding ortho intramolecular Hbond substituents is 2. The van der Waals surface area contributed by atoms with Crippen molar-refractivity contribution in [1.82, 2.24) is 5.32 Å². The number of phenols is 2. The lowest BCUT2D eigenvalue weighted by Gasteiger charge is -2.43. The largest absolute Gasteiger partial charge is 0.508 e. The summed E-state index contributed by atoms with van der Waals surface area (Å²) in [5, 5.41) is 78.9. The second-order valence-electron chi connectivity index (χ2n) is 16.4. The number of hydrogen-bond donors (Lipinski definition) is 9. The standard InChI is InChI=1S/C43H47N3O13/c1-22-11-33(50)30-13-26-14-35(59-56-21-43(55,41(54)38(53)34(51)20-47)16-24-3-6-32(49)28-5-4-27(48)15-29(24)28)42(2,9-7-23-12-36(52)45-17-23)58-39(26)37(40(30)57-22)46-18-25-8-10-44-31(25)19-46/h3-6,8,10-11,13,15,19,23,34-35,38,41,47-49,51,53-55H,7,9,12,14,16-18,20-21H2,1-2H3,(H,45,52)/p+1. The summed E-state index contributed by atoms with van der Waals surface area (Å²) in [6, 6.07) is 10.2. The number of carbonyl (C=O) groups is 1. The van der Waals surface area contributed by atoms with Crippen molar-refractivity contribution in [3.8, 4) is 17.2 Å². The normalized spacial score (nSPS) is 24.9. The number of aliphatic hydroxyl groups is 5. The Labute approximate surface area is 337 Å². The summed E-state index contributed by atoms with van der Waals surface area (Å²) in [5.74, 6) is 0.696. The van der Waals surface area contributed by atoms with Gasteiger partial charge in [-0.3, -0.25) is 19.5 Å². The number of ether oxygens (including phenoxy) is 1. The molecule has 3 aromatic carbocycles. The molecular formula is C43H48N3O13+. The van der Waals surface area contributed by atoms with Gasteiger partial charge < -0.3 is 50.2 Å². The number of carbonyl (C=O) groups excluding carboxylic acids is 1. The van der Waals surface area contributed by atoms with Crippen molar-refractivity contribution in [2.45, 2.75) is 81.6 Å². The van der Waals surface area contributed by atoms with Gasteiger partial charge in [-0.05, 0) is 80.0 Å². The zero-order valence-corrected chi connectivity index (χ0v) is 32.6. The third-order valence-electron chi connectivity index (χ3n) is 12.0. The average molecular weight is 815 g/mol. The second-order valence-corrected chi connectivity index (χ2v) is 16.4. The van der Waals surface area contributed by atoms with Crippen molar-refractivity contribution in [3.05, 3.63) is 93.1 Å². The van der Waals surface area contributed by atoms with Crippen LogP contribution in [-0.2, 0) is 27.4 Å². The first-order valence-electron chi connectivity index (χ1n) is 19.6. The van der Waals surface area contributed by atoms with Crippen molar-refractivity contribution in [2.24, 2.45) is 10.9 Å². The minimum absolute atomic E-state index is 0.0278. The van der Waals surface area contributed by atoms with E-state index in [1.807, 2.05) is 19.2 Å². The molecule has 8 unspecified atom stereocenters. The smallest absolute Gasteiger partial charge is 0.222 e. The lowest BCUT2D eigenvalue weighted by atomic mass is 9.83. The van der Waals surface area contributed by atoms with Crippen LogP contribution in [0.15, 0.2) is 80.2 Å². The van der Waals surface area contributed by atoms with Gasteiger partial charge in [0, 0.05) is 54.6 Å². The number of quaternary nitrogens is 1. The summed E-state index contributed by atoms with van der Waals surface area (Å²) in [4.78, 5) is 43.0. The van der Waals surface area contributed by atoms with Crippen molar-refractivity contribution in [2.75, 3.05) is 26.3 Å². The highest BCUT2D eigenvalue weighted by molar-refractivity contribution is 5.92. The van der Waals surface area contributed by atoms with Gasteiger partial charge in [0.15, 0.2) is 11.2 Å². The Kier molecular flexibility index (Phi) is 10.9. The van der Waals surface area contributed by atoms with Gasteiger partial charge in [0.2, 0.25) is 17.2 Å². The number of allylic oxidation sites excluding steroid dienone is 1. The van der Waals surface area contributed by atoms with Gasteiger partial charge in [0.05, 0.1) is 12.0 Å². The quantitative estimate of drug-likeness (QED) is 0.0639. The predicted octanol–water partition coefficient (Wildman–Crippen LogP) is 1.02. The second kappa shape index (κ2) is 15.8. The fourth-order valence-electron chi connectivity index (χ4n) is 8.62. The van der Waals surface area contributed by atoms with Gasteiger partial charge in [0.25, 0.3) is 0 Å². The van der Waals surface area contributed by atoms with Crippen LogP contribution in [0.5, 0.6) is 17.2 Å². The molecule has 0 aliphatic carbocycles. The zero-order valence-electron chi connectivity index (χ0n) is 32.6. The maximum absolute atomic E-state index is 13.5. The number of aromatic hydroxyl groups is 2. The Balaban J connectivity index is 1.15. The summed E-state index contributed by atoms with van der Waals surface area (Å²) in [6.45, 7) is 2.90. The number of nitrogens with zero attached hydrogens (tertiary/aromatic N) is 1. The number of benzene rings is 3. The van der Waals surface area contributed by atoms with Crippen LogP contribution in [0.3, 0.4) is 0 Å². The molecule has 8 atom stereocenters. The molecule has 8 rings (SSSR count). The molecule has 16 nitrogen and oxygen atoms in total. The molecule has 1 amide bonds. The number of nitrogens with one attached hydrogen (secondary N) is 2. The fourth-order valence-corrected chi connectivity index (χ4v) is 8.62. The van der Waals surface area contributed by atoms with E-state index < -0.39 is 55.3 Å². The van der Waals surface area contributed by atoms with Crippen molar-refractivity contribution in [1.29, 1.82) is 0 Å². The Morgan fingerprint density at radius 1 is 1.07 bits per heavy atom. The fraction of sp³-hybridized carbons (Fsp3) is 0.419. The molecule has 312 valence electrons. The number of amides is 1. The van der Waals surface area contributed by atoms with Crippen LogP contribution in [0.2, 0.25) is 0 Å². The molecular weight excluding hydrogens is 766 g/mol. The van der Waals surface area contributed by atoms with E-state index in [4.69, 9.17) is 18.9 Å². The minimum atomic E-state index is -2.40. The SMILES string of the molecule is Cc1cc(=O)c2cc3c(c([NH+]4C=C5N=CC=C5C4)c2o1)OC(C)(CCC1CNC(=O)C1)C(OOCC(O)(Cc1ccc(O)c2ccc(O)cc12)C(O)C(O)C(O)CO)C3. The van der Waals surface area contributed by atoms with Gasteiger partial charge in [-0.15, -0.1) is 0 Å². The summed E-state index contributed by atoms with van der Waals surface area (Å²) < 4.78 is 13.3. The molecule has 1 aromatic heterocycles. The molecule has 0 radical (unpaired) electrons. The number of aliphatic imine (C=N–C) groups is 1. The predicted molar refractivity (Wildman–Crippen MR) is 212 cm³/mol. The molecule has 4 aliphatic rings. The highest BCUT2D eigenvalue weighted by atomic mass is 17.2. The highest BCUT2D eigenvalue weighted by Gasteiger charge is 2.49. The molecule has 0 spiro atoms. The minimum Gasteiger partial charge on any atom is -0.508 e. The third kappa shape index (κ3) is 7.74. The Morgan fingerprint density at radius 3 is 2.63 bits per heavy atom. The van der Waals surface area contributed by atoms with E-state index in [0.29, 0.717) is 82.4 Å². The number of aliphatic hydroxyl groups excluding tert-OH is 4. The molecule has 4 aromatic rings. The maximum Gasteiger partial charge on any atom is 0.222 e. The average Bonchev–Trinajstić information content (AvgIpc) is 3.94. The Bertz CT molecular complexity index is 2460. The number of fused-ring (bicyclic) bond motifs is 4. The van der Waals surface area contributed by atoms with Gasteiger partial charge in [-0.25, -0.2) is 9.78 Å². The third-order valence-corrected chi connectivity index (χ3v) is 12.0. The molecule has 0 saturated carbocycles. The maximum atomic E-state index is 13.5. The van der Waals surface area contributed by atoms with Crippen LogP contribution in [-0.4, -0.2) is 110 Å². The summed E-state index contributed by atoms with van der Waals surface area (Å²) in [7, 11) is 0. The van der Waals surface area contributed by atoms with Crippen LogP contribution >= 0.6 is 0 Å². The highest BCUT2D eigenvalue weighted by Crippen LogP contribution is 2.45. The van der Waals surface area contributed by atoms with Crippen molar-refractivity contribution >= 4 is 39.6 Å². The Morgan fingerprint density at radius 2 is 1.88 bits per heavy atom. The summed E-state index contributed by atoms with van der Waals surface area (Å²) in [6.07, 6.45) is -0.197. The van der Waals surface area contributed by atoms with Crippen LogP contribution in [0.4, 0.5) is 5.69 Å². The first-order chi connectivity index (χ1) is 28.2. The van der Waals surface area contributed by atoms with E-state index in [0.717, 1.165) is 16.2 Å². The molecule has 9 N–H and O–H groups in total. The van der Waals surface area contributed by atoms with E-state index in [9.17, 15) is 45.3 Å². The van der Waals surface area contributed by atoms with Crippen molar-refractivity contribution in [3.63, 3.8) is 0 Å². The molecule has 1 fully saturated rings. The van der Waals surface area contributed by atoms with Gasteiger partial charge in [0.1, 0.15) is 77.9 Å². The monoisotopic (exact) mass is 814 g/mol. The van der Waals surface area contributed by atoms with E-state index in [1.165, 1.54) is 36.4 Å². The summed E-state index contributed by atoms with van der Waals surface area (Å²) >= 11 is 0. The first kappa shape index (κ1) is 40.6. The van der Waals surface area contributed by atoms with E-state index >= 15 is 0 Å². The van der Waals surface area contributed by atoms with E-state index in [-0.39, 0.29) is 35.2 Å². The number of aryl methyl sites for hydroxylation is 1. The first-order valence-corrected chi connectivity index (χ1v) is 19.6. The van der Waals surface area contributed by atoms with Gasteiger partial charge in [-0.2, -0.15) is 0 Å². The summed E-state index contributed by atoms with van der Waals surface area (Å²) in [5.41, 5.74) is 0.0293. The topological polar surface area (TPSA) is 245 Å². The molecule has 1 saturated heterocycles. The van der Waals surface area contributed by atoms with Gasteiger partial charge >= 0.3 is 0 Å². The molecule has 16 heteroatoms. The van der Waals surface area contributed by atoms with Crippen LogP contribution in [0, 0.1) is 12.8 Å². The van der Waals surface area contributed by atoms with Gasteiger partial charge in [-0.1, -0.05) is 6.07 Å². The Hall–Kier alpha value is -5.17. The number of rotatable bonds is 14. The lowest BCUT2D eigenvalue weighted by molar-refractivity contribution is -0.763. The molecule has 59 heavy (non-hydrogen) atoms. The molecule has 4 aliphatic heterocycles. The number of hydrogen-bond acceptors (Lipinski definition) is 14. The van der Waals surface area contributed by atoms with Crippen LogP contribution < -0.4 is 20.4 Å². The van der Waals surface area contributed by atoms with E-state index in [1.54, 1.807) is 19.2 Å². The lowest BCUT2D eigenvalue weighted by Crippen LogP contribution is -3.01. The van der Waals surface area contributed by atoms with Crippen molar-refractivity contribution < 1.29 is 64.4 Å². The van der Waals surface area contributed by atoms with Crippen LogP contribution in [0.25, 0.3) is 21.7 Å². The van der Waals surface area contributed by atoms with E-state index in [2.05, 4.69) is 10.3 Å². The molecule has 5 heterocycles.